The second-order valence-electron chi connectivity index (χ2n) is 2.21. The van der Waals surface area contributed by atoms with Crippen LogP contribution in [0.3, 0.4) is 0 Å². The Morgan fingerprint density at radius 2 is 2.18 bits per heavy atom. The number of hydrogen-bond acceptors (Lipinski definition) is 0. The smallest absolute Gasteiger partial charge is 0.0266 e. The summed E-state index contributed by atoms with van der Waals surface area (Å²) in [6.07, 6.45) is 13.2. The van der Waals surface area contributed by atoms with Crippen molar-refractivity contribution in [3.8, 4) is 0 Å². The molecule has 0 saturated heterocycles. The molecule has 0 saturated carbocycles. The van der Waals surface area contributed by atoms with E-state index in [0.29, 0.717) is 0 Å². The fourth-order valence-corrected chi connectivity index (χ4v) is 0.653. The van der Waals surface area contributed by atoms with Crippen molar-refractivity contribution in [2.75, 3.05) is 0 Å². The van der Waals surface area contributed by atoms with Gasteiger partial charge in [-0.25, -0.2) is 0 Å². The molecule has 0 aromatic rings. The Hall–Kier alpha value is -1.04. The molecule has 0 N–H and O–H groups in total. The van der Waals surface area contributed by atoms with Crippen LogP contribution >= 0.6 is 0 Å². The van der Waals surface area contributed by atoms with Crippen LogP contribution in [-0.4, -0.2) is 0 Å². The minimum Gasteiger partial charge on any atom is -0.0985 e. The molecule has 0 atom stereocenters. The predicted octanol–water partition coefficient (Wildman–Crippen LogP) is 3.64. The van der Waals surface area contributed by atoms with Gasteiger partial charge in [0, 0.05) is 0 Å². The van der Waals surface area contributed by atoms with Crippen molar-refractivity contribution < 1.29 is 0 Å². The number of hydrogen-bond donors (Lipinski definition) is 0. The molecule has 0 amide bonds. The summed E-state index contributed by atoms with van der Waals surface area (Å²) in [5.41, 5.74) is 1.16. The van der Waals surface area contributed by atoms with Crippen LogP contribution in [0.5, 0.6) is 0 Å². The molecule has 0 nitrogen and oxygen atoms in total. The standard InChI is InChI=1S/C11H16/c1-4-7-9-11(6-3)10-8-5-2/h4,6-10H,3,5H2,1-2H3/b7-4-,10-8+,11-9+. The van der Waals surface area contributed by atoms with Crippen molar-refractivity contribution in [3.63, 3.8) is 0 Å². The van der Waals surface area contributed by atoms with E-state index in [9.17, 15) is 0 Å². The van der Waals surface area contributed by atoms with Gasteiger partial charge in [0.15, 0.2) is 0 Å². The van der Waals surface area contributed by atoms with Crippen molar-refractivity contribution in [3.05, 3.63) is 48.6 Å². The second kappa shape index (κ2) is 7.07. The molecule has 0 aliphatic heterocycles. The molecule has 0 fully saturated rings. The third-order valence-electron chi connectivity index (χ3n) is 1.26. The first-order chi connectivity index (χ1) is 5.35. The van der Waals surface area contributed by atoms with E-state index in [1.54, 1.807) is 0 Å². The zero-order valence-electron chi connectivity index (χ0n) is 7.38. The van der Waals surface area contributed by atoms with Crippen LogP contribution in [0, 0.1) is 0 Å². The third kappa shape index (κ3) is 5.41. The van der Waals surface area contributed by atoms with Crippen molar-refractivity contribution in [2.24, 2.45) is 0 Å². The molecule has 0 bridgehead atoms. The van der Waals surface area contributed by atoms with Gasteiger partial charge < -0.3 is 0 Å². The van der Waals surface area contributed by atoms with Crippen LogP contribution in [0.2, 0.25) is 0 Å². The molecular formula is C11H16. The molecular weight excluding hydrogens is 132 g/mol. The monoisotopic (exact) mass is 148 g/mol. The summed E-state index contributed by atoms with van der Waals surface area (Å²) in [6.45, 7) is 7.83. The average Bonchev–Trinajstić information content (AvgIpc) is 2.05. The van der Waals surface area contributed by atoms with Gasteiger partial charge in [0.25, 0.3) is 0 Å². The maximum atomic E-state index is 3.71. The molecule has 0 radical (unpaired) electrons. The van der Waals surface area contributed by atoms with Crippen molar-refractivity contribution in [1.29, 1.82) is 0 Å². The molecule has 0 aliphatic rings. The Kier molecular flexibility index (Phi) is 6.40. The molecule has 60 valence electrons. The second-order valence-corrected chi connectivity index (χ2v) is 2.21. The normalized spacial score (nSPS) is 13.1. The largest absolute Gasteiger partial charge is 0.0985 e. The van der Waals surface area contributed by atoms with E-state index in [2.05, 4.69) is 25.7 Å². The molecule has 11 heavy (non-hydrogen) atoms. The van der Waals surface area contributed by atoms with Crippen LogP contribution < -0.4 is 0 Å². The maximum Gasteiger partial charge on any atom is -0.0266 e. The molecule has 0 spiro atoms. The zero-order valence-corrected chi connectivity index (χ0v) is 7.38. The Labute approximate surface area is 69.6 Å². The van der Waals surface area contributed by atoms with Crippen molar-refractivity contribution in [2.45, 2.75) is 20.3 Å². The molecule has 0 heteroatoms. The Bertz CT molecular complexity index is 180. The predicted molar refractivity (Wildman–Crippen MR) is 52.5 cm³/mol. The first-order valence-electron chi connectivity index (χ1n) is 3.97. The molecule has 0 heterocycles. The van der Waals surface area contributed by atoms with E-state index in [1.807, 2.05) is 31.2 Å². The highest BCUT2D eigenvalue weighted by atomic mass is 13.8. The van der Waals surface area contributed by atoms with Gasteiger partial charge in [0.1, 0.15) is 0 Å². The lowest BCUT2D eigenvalue weighted by Crippen LogP contribution is -1.67. The first-order valence-corrected chi connectivity index (χ1v) is 3.97. The minimum absolute atomic E-state index is 1.07. The van der Waals surface area contributed by atoms with Gasteiger partial charge in [-0.1, -0.05) is 50.0 Å². The van der Waals surface area contributed by atoms with Crippen molar-refractivity contribution >= 4 is 0 Å². The summed E-state index contributed by atoms with van der Waals surface area (Å²) in [4.78, 5) is 0. The summed E-state index contributed by atoms with van der Waals surface area (Å²) in [5.74, 6) is 0. The zero-order chi connectivity index (χ0) is 8.53. The highest BCUT2D eigenvalue weighted by Gasteiger charge is 1.78. The minimum atomic E-state index is 1.07. The van der Waals surface area contributed by atoms with E-state index in [1.165, 1.54) is 0 Å². The van der Waals surface area contributed by atoms with Gasteiger partial charge in [0.2, 0.25) is 0 Å². The van der Waals surface area contributed by atoms with E-state index in [4.69, 9.17) is 0 Å². The van der Waals surface area contributed by atoms with Gasteiger partial charge in [-0.05, 0) is 18.9 Å². The van der Waals surface area contributed by atoms with E-state index in [-0.39, 0.29) is 0 Å². The van der Waals surface area contributed by atoms with E-state index in [0.717, 1.165) is 12.0 Å². The topological polar surface area (TPSA) is 0 Å². The average molecular weight is 148 g/mol. The first kappa shape index (κ1) is 9.96. The molecule has 0 unspecified atom stereocenters. The summed E-state index contributed by atoms with van der Waals surface area (Å²) in [5, 5.41) is 0. The van der Waals surface area contributed by atoms with Crippen LogP contribution in [0.25, 0.3) is 0 Å². The molecule has 0 aromatic carbocycles. The molecule has 0 aromatic heterocycles. The summed E-state index contributed by atoms with van der Waals surface area (Å²) in [7, 11) is 0. The summed E-state index contributed by atoms with van der Waals surface area (Å²) < 4.78 is 0. The quantitative estimate of drug-likeness (QED) is 0.534. The number of rotatable bonds is 4. The van der Waals surface area contributed by atoms with Gasteiger partial charge in [-0.3, -0.25) is 0 Å². The Morgan fingerprint density at radius 3 is 2.64 bits per heavy atom. The molecule has 0 rings (SSSR count). The van der Waals surface area contributed by atoms with Crippen LogP contribution in [0.4, 0.5) is 0 Å². The maximum absolute atomic E-state index is 3.71. The van der Waals surface area contributed by atoms with Crippen LogP contribution in [0.15, 0.2) is 48.6 Å². The van der Waals surface area contributed by atoms with Crippen LogP contribution in [-0.2, 0) is 0 Å². The fourth-order valence-electron chi connectivity index (χ4n) is 0.653. The summed E-state index contributed by atoms with van der Waals surface area (Å²) >= 11 is 0. The van der Waals surface area contributed by atoms with Crippen molar-refractivity contribution in [1.82, 2.24) is 0 Å². The van der Waals surface area contributed by atoms with Gasteiger partial charge in [0.05, 0.1) is 0 Å². The van der Waals surface area contributed by atoms with E-state index >= 15 is 0 Å². The highest BCUT2D eigenvalue weighted by Crippen LogP contribution is 1.99. The van der Waals surface area contributed by atoms with Gasteiger partial charge in [-0.2, -0.15) is 0 Å². The summed E-state index contributed by atoms with van der Waals surface area (Å²) in [6, 6.07) is 0. The SMILES string of the molecule is C=CC(/C=C/CC)=C\C=C/C. The van der Waals surface area contributed by atoms with Crippen LogP contribution in [0.1, 0.15) is 20.3 Å². The molecule has 0 aliphatic carbocycles. The lowest BCUT2D eigenvalue weighted by Gasteiger charge is -1.88. The number of allylic oxidation sites excluding steroid dienone is 7. The third-order valence-corrected chi connectivity index (χ3v) is 1.26. The van der Waals surface area contributed by atoms with E-state index < -0.39 is 0 Å². The van der Waals surface area contributed by atoms with Gasteiger partial charge >= 0.3 is 0 Å². The lowest BCUT2D eigenvalue weighted by molar-refractivity contribution is 1.22. The van der Waals surface area contributed by atoms with Gasteiger partial charge in [-0.15, -0.1) is 0 Å². The Balaban J connectivity index is 4.15. The fraction of sp³-hybridized carbons (Fsp3) is 0.273. The lowest BCUT2D eigenvalue weighted by atomic mass is 10.2. The Morgan fingerprint density at radius 1 is 1.45 bits per heavy atom. The highest BCUT2D eigenvalue weighted by molar-refractivity contribution is 5.32.